The topological polar surface area (TPSA) is 40.6 Å². The van der Waals surface area contributed by atoms with E-state index in [1.54, 1.807) is 0 Å². The molecule has 5 heteroatoms. The van der Waals surface area contributed by atoms with E-state index in [1.165, 1.54) is 5.56 Å². The Morgan fingerprint density at radius 2 is 1.41 bits per heavy atom. The highest BCUT2D eigenvalue weighted by molar-refractivity contribution is 9.10. The van der Waals surface area contributed by atoms with Crippen molar-refractivity contribution in [2.45, 2.75) is 19.6 Å². The quantitative estimate of drug-likeness (QED) is 0.294. The summed E-state index contributed by atoms with van der Waals surface area (Å²) >= 11 is 3.60. The van der Waals surface area contributed by atoms with Gasteiger partial charge in [-0.1, -0.05) is 66.7 Å². The summed E-state index contributed by atoms with van der Waals surface area (Å²) in [5, 5.41) is 0. The number of halogens is 1. The van der Waals surface area contributed by atoms with E-state index in [1.807, 2.05) is 78.9 Å². The lowest BCUT2D eigenvalue weighted by Gasteiger charge is -2.15. The number of aromatic nitrogens is 1. The molecule has 0 radical (unpaired) electrons. The van der Waals surface area contributed by atoms with E-state index in [0.29, 0.717) is 31.6 Å². The number of ether oxygens (including phenoxy) is 3. The van der Waals surface area contributed by atoms with Gasteiger partial charge in [0, 0.05) is 23.6 Å². The van der Waals surface area contributed by atoms with Crippen LogP contribution in [0.15, 0.2) is 89.4 Å². The second-order valence-corrected chi connectivity index (χ2v) is 8.41. The molecule has 3 aromatic carbocycles. The van der Waals surface area contributed by atoms with E-state index in [-0.39, 0.29) is 0 Å². The maximum Gasteiger partial charge on any atom is 0.225 e. The summed E-state index contributed by atoms with van der Waals surface area (Å²) in [4.78, 5) is 4.73. The summed E-state index contributed by atoms with van der Waals surface area (Å²) in [6.45, 7) is 1.56. The highest BCUT2D eigenvalue weighted by atomic mass is 79.9. The number of benzene rings is 3. The monoisotopic (exact) mass is 487 g/mol. The first kappa shape index (κ1) is 20.6. The third kappa shape index (κ3) is 4.48. The van der Waals surface area contributed by atoms with Gasteiger partial charge in [0.05, 0.1) is 11.1 Å². The molecule has 32 heavy (non-hydrogen) atoms. The Labute approximate surface area is 195 Å². The van der Waals surface area contributed by atoms with E-state index in [9.17, 15) is 0 Å². The summed E-state index contributed by atoms with van der Waals surface area (Å²) in [7, 11) is 0. The van der Waals surface area contributed by atoms with Crippen LogP contribution in [0.4, 0.5) is 0 Å². The first-order valence-electron chi connectivity index (χ1n) is 10.6. The molecule has 4 nitrogen and oxygen atoms in total. The highest BCUT2D eigenvalue weighted by Gasteiger charge is 2.22. The van der Waals surface area contributed by atoms with Crippen LogP contribution in [0.2, 0.25) is 0 Å². The molecule has 4 aromatic rings. The van der Waals surface area contributed by atoms with Gasteiger partial charge in [0.15, 0.2) is 0 Å². The Balaban J connectivity index is 1.47. The maximum atomic E-state index is 6.22. The largest absolute Gasteiger partial charge is 0.492 e. The standard InChI is InChI=1S/C27H22BrNO3/c28-24-13-11-21(22-15-16-30-26(22)24)23-12-14-25(31-17-19-7-3-1-4-8-19)29-27(23)32-18-20-9-5-2-6-10-20/h1-14H,15-18H2. The zero-order valence-electron chi connectivity index (χ0n) is 17.5. The van der Waals surface area contributed by atoms with Gasteiger partial charge in [0.1, 0.15) is 19.0 Å². The van der Waals surface area contributed by atoms with Crippen LogP contribution in [0.3, 0.4) is 0 Å². The Kier molecular flexibility index (Phi) is 6.08. The molecule has 1 aromatic heterocycles. The van der Waals surface area contributed by atoms with Crippen LogP contribution in [0.25, 0.3) is 11.1 Å². The van der Waals surface area contributed by atoms with Gasteiger partial charge >= 0.3 is 0 Å². The van der Waals surface area contributed by atoms with Crippen molar-refractivity contribution in [1.29, 1.82) is 0 Å². The van der Waals surface area contributed by atoms with Crippen LogP contribution in [0.5, 0.6) is 17.5 Å². The lowest BCUT2D eigenvalue weighted by atomic mass is 9.99. The van der Waals surface area contributed by atoms with Crippen molar-refractivity contribution < 1.29 is 14.2 Å². The summed E-state index contributed by atoms with van der Waals surface area (Å²) < 4.78 is 19.0. The molecule has 0 unspecified atom stereocenters. The molecule has 0 bridgehead atoms. The van der Waals surface area contributed by atoms with Crippen molar-refractivity contribution in [2.24, 2.45) is 0 Å². The second kappa shape index (κ2) is 9.45. The minimum Gasteiger partial charge on any atom is -0.492 e. The van der Waals surface area contributed by atoms with Crippen LogP contribution >= 0.6 is 15.9 Å². The SMILES string of the molecule is Brc1ccc(-c2ccc(OCc3ccccc3)nc2OCc2ccccc2)c2c1OCC2. The van der Waals surface area contributed by atoms with Gasteiger partial charge in [0.25, 0.3) is 0 Å². The van der Waals surface area contributed by atoms with Gasteiger partial charge in [-0.3, -0.25) is 0 Å². The molecule has 1 aliphatic heterocycles. The van der Waals surface area contributed by atoms with E-state index in [4.69, 9.17) is 19.2 Å². The van der Waals surface area contributed by atoms with Gasteiger partial charge in [-0.05, 0) is 44.8 Å². The van der Waals surface area contributed by atoms with Crippen molar-refractivity contribution in [3.63, 3.8) is 0 Å². The number of fused-ring (bicyclic) bond motifs is 1. The minimum absolute atomic E-state index is 0.429. The fourth-order valence-electron chi connectivity index (χ4n) is 3.79. The van der Waals surface area contributed by atoms with Gasteiger partial charge in [-0.2, -0.15) is 4.98 Å². The molecule has 0 spiro atoms. The molecular formula is C27H22BrNO3. The number of pyridine rings is 1. The molecule has 0 saturated heterocycles. The Bertz CT molecular complexity index is 1210. The van der Waals surface area contributed by atoms with Crippen molar-refractivity contribution >= 4 is 15.9 Å². The molecule has 0 N–H and O–H groups in total. The van der Waals surface area contributed by atoms with Crippen molar-refractivity contribution in [3.8, 4) is 28.6 Å². The minimum atomic E-state index is 0.429. The molecule has 0 saturated carbocycles. The molecule has 5 rings (SSSR count). The third-order valence-electron chi connectivity index (χ3n) is 5.38. The Morgan fingerprint density at radius 3 is 2.12 bits per heavy atom. The Morgan fingerprint density at radius 1 is 0.750 bits per heavy atom. The normalized spacial score (nSPS) is 12.2. The van der Waals surface area contributed by atoms with Gasteiger partial charge in [-0.25, -0.2) is 0 Å². The average Bonchev–Trinajstić information content (AvgIpc) is 3.34. The summed E-state index contributed by atoms with van der Waals surface area (Å²) in [5.41, 5.74) is 5.35. The number of rotatable bonds is 7. The molecule has 0 fully saturated rings. The fraction of sp³-hybridized carbons (Fsp3) is 0.148. The predicted molar refractivity (Wildman–Crippen MR) is 128 cm³/mol. The lowest BCUT2D eigenvalue weighted by Crippen LogP contribution is -2.03. The van der Waals surface area contributed by atoms with Crippen LogP contribution in [-0.4, -0.2) is 11.6 Å². The predicted octanol–water partition coefficient (Wildman–Crippen LogP) is 6.60. The van der Waals surface area contributed by atoms with Crippen LogP contribution in [0, 0.1) is 0 Å². The van der Waals surface area contributed by atoms with E-state index in [0.717, 1.165) is 38.9 Å². The van der Waals surface area contributed by atoms with E-state index in [2.05, 4.69) is 22.0 Å². The third-order valence-corrected chi connectivity index (χ3v) is 6.01. The maximum absolute atomic E-state index is 6.22. The zero-order chi connectivity index (χ0) is 21.8. The fourth-order valence-corrected chi connectivity index (χ4v) is 4.27. The zero-order valence-corrected chi connectivity index (χ0v) is 19.0. The first-order valence-corrected chi connectivity index (χ1v) is 11.4. The summed E-state index contributed by atoms with van der Waals surface area (Å²) in [6.07, 6.45) is 0.856. The molecule has 0 atom stereocenters. The van der Waals surface area contributed by atoms with E-state index < -0.39 is 0 Å². The van der Waals surface area contributed by atoms with Crippen LogP contribution in [-0.2, 0) is 19.6 Å². The number of hydrogen-bond acceptors (Lipinski definition) is 4. The number of hydrogen-bond donors (Lipinski definition) is 0. The molecule has 2 heterocycles. The molecule has 0 aliphatic carbocycles. The first-order chi connectivity index (χ1) is 15.8. The molecule has 160 valence electrons. The highest BCUT2D eigenvalue weighted by Crippen LogP contribution is 2.42. The summed E-state index contributed by atoms with van der Waals surface area (Å²) in [6, 6.07) is 28.2. The molecular weight excluding hydrogens is 466 g/mol. The van der Waals surface area contributed by atoms with Crippen LogP contribution < -0.4 is 14.2 Å². The van der Waals surface area contributed by atoms with Crippen molar-refractivity contribution in [3.05, 3.63) is 106 Å². The van der Waals surface area contributed by atoms with Crippen molar-refractivity contribution in [1.82, 2.24) is 4.98 Å². The van der Waals surface area contributed by atoms with Gasteiger partial charge in [0.2, 0.25) is 11.8 Å². The van der Waals surface area contributed by atoms with Crippen molar-refractivity contribution in [2.75, 3.05) is 6.61 Å². The number of nitrogens with zero attached hydrogens (tertiary/aromatic N) is 1. The van der Waals surface area contributed by atoms with Gasteiger partial charge in [-0.15, -0.1) is 0 Å². The molecule has 0 amide bonds. The lowest BCUT2D eigenvalue weighted by molar-refractivity contribution is 0.268. The summed E-state index contributed by atoms with van der Waals surface area (Å²) in [5.74, 6) is 1.99. The smallest absolute Gasteiger partial charge is 0.225 e. The average molecular weight is 488 g/mol. The second-order valence-electron chi connectivity index (χ2n) is 7.55. The van der Waals surface area contributed by atoms with E-state index >= 15 is 0 Å². The Hall–Kier alpha value is -3.31. The van der Waals surface area contributed by atoms with Gasteiger partial charge < -0.3 is 14.2 Å². The van der Waals surface area contributed by atoms with Crippen LogP contribution in [0.1, 0.15) is 16.7 Å². The molecule has 1 aliphatic rings.